The first-order valence-electron chi connectivity index (χ1n) is 15.3. The average Bonchev–Trinajstić information content (AvgIpc) is 3.06. The van der Waals surface area contributed by atoms with Crippen molar-refractivity contribution in [2.45, 2.75) is 78.1 Å². The van der Waals surface area contributed by atoms with Crippen LogP contribution in [0.3, 0.4) is 0 Å². The molecule has 0 spiro atoms. The second-order valence-corrected chi connectivity index (χ2v) is 11.5. The fourth-order valence-electron chi connectivity index (χ4n) is 3.72. The summed E-state index contributed by atoms with van der Waals surface area (Å²) in [6.07, 6.45) is 11.5. The maximum Gasteiger partial charge on any atom is 0.330 e. The highest BCUT2D eigenvalue weighted by atomic mass is 16.6. The van der Waals surface area contributed by atoms with Crippen LogP contribution in [-0.2, 0) is 57.2 Å². The molecule has 0 rings (SSSR count). The first-order chi connectivity index (χ1) is 21.8. The number of esters is 6. The van der Waals surface area contributed by atoms with Crippen LogP contribution < -0.4 is 0 Å². The number of hydrogen-bond acceptors (Lipinski definition) is 12. The van der Waals surface area contributed by atoms with Crippen molar-refractivity contribution in [3.63, 3.8) is 0 Å². The lowest BCUT2D eigenvalue weighted by Gasteiger charge is -2.27. The summed E-state index contributed by atoms with van der Waals surface area (Å²) in [5, 5.41) is 0. The fraction of sp³-hybridized carbons (Fsp3) is 0.588. The molecule has 0 heterocycles. The normalized spacial score (nSPS) is 10.9. The molecule has 46 heavy (non-hydrogen) atoms. The molecule has 0 amide bonds. The minimum absolute atomic E-state index is 0.0934. The summed E-state index contributed by atoms with van der Waals surface area (Å²) in [5.74, 6) is -3.33. The number of rotatable bonds is 27. The Morgan fingerprint density at radius 2 is 0.630 bits per heavy atom. The van der Waals surface area contributed by atoms with Gasteiger partial charge in [0.2, 0.25) is 0 Å². The van der Waals surface area contributed by atoms with E-state index in [1.165, 1.54) is 0 Å². The number of carbonyl (C=O) groups is 6. The van der Waals surface area contributed by atoms with Crippen molar-refractivity contribution in [2.24, 2.45) is 10.8 Å². The summed E-state index contributed by atoms with van der Waals surface area (Å²) in [6, 6.07) is 0. The van der Waals surface area contributed by atoms with Crippen molar-refractivity contribution >= 4 is 35.8 Å². The highest BCUT2D eigenvalue weighted by molar-refractivity contribution is 5.82. The molecule has 0 aromatic heterocycles. The largest absolute Gasteiger partial charge is 0.465 e. The van der Waals surface area contributed by atoms with Crippen molar-refractivity contribution in [3.8, 4) is 0 Å². The van der Waals surface area contributed by atoms with Crippen LogP contribution in [0.4, 0.5) is 0 Å². The summed E-state index contributed by atoms with van der Waals surface area (Å²) in [7, 11) is 0. The molecule has 0 saturated heterocycles. The summed E-state index contributed by atoms with van der Waals surface area (Å²) in [6.45, 7) is 16.0. The van der Waals surface area contributed by atoms with Gasteiger partial charge in [-0.1, -0.05) is 64.8 Å². The molecule has 0 bridgehead atoms. The zero-order chi connectivity index (χ0) is 34.8. The van der Waals surface area contributed by atoms with Crippen molar-refractivity contribution < 1.29 is 57.2 Å². The van der Waals surface area contributed by atoms with Gasteiger partial charge in [-0.05, 0) is 26.7 Å². The van der Waals surface area contributed by atoms with E-state index in [-0.39, 0.29) is 64.4 Å². The zero-order valence-electron chi connectivity index (χ0n) is 27.4. The third kappa shape index (κ3) is 21.5. The molecule has 0 aliphatic heterocycles. The topological polar surface area (TPSA) is 158 Å². The molecular formula is C34H50O12. The van der Waals surface area contributed by atoms with E-state index >= 15 is 0 Å². The van der Waals surface area contributed by atoms with Crippen molar-refractivity contribution in [1.29, 1.82) is 0 Å². The van der Waals surface area contributed by atoms with E-state index in [0.29, 0.717) is 12.8 Å². The molecule has 0 aliphatic carbocycles. The Kier molecular flexibility index (Phi) is 21.9. The minimum atomic E-state index is -0.922. The molecule has 0 atom stereocenters. The quantitative estimate of drug-likeness (QED) is 0.0513. The highest BCUT2D eigenvalue weighted by Gasteiger charge is 2.31. The van der Waals surface area contributed by atoms with Crippen molar-refractivity contribution in [1.82, 2.24) is 0 Å². The molecule has 12 heteroatoms. The number of ether oxygens (including phenoxy) is 6. The Balaban J connectivity index is 4.19. The lowest BCUT2D eigenvalue weighted by molar-refractivity contribution is -0.159. The number of unbranched alkanes of at least 4 members (excludes halogenated alkanes) is 7. The predicted octanol–water partition coefficient (Wildman–Crippen LogP) is 4.90. The molecule has 0 aromatic rings. The third-order valence-corrected chi connectivity index (χ3v) is 6.59. The van der Waals surface area contributed by atoms with E-state index in [0.717, 1.165) is 62.8 Å². The van der Waals surface area contributed by atoms with Gasteiger partial charge in [-0.25, -0.2) is 19.2 Å². The van der Waals surface area contributed by atoms with Gasteiger partial charge in [0, 0.05) is 37.1 Å². The molecule has 0 radical (unpaired) electrons. The fourth-order valence-corrected chi connectivity index (χ4v) is 3.72. The van der Waals surface area contributed by atoms with Gasteiger partial charge in [-0.15, -0.1) is 0 Å². The molecule has 0 unspecified atom stereocenters. The van der Waals surface area contributed by atoms with Gasteiger partial charge in [-0.3, -0.25) is 9.59 Å². The second-order valence-electron chi connectivity index (χ2n) is 11.5. The van der Waals surface area contributed by atoms with Crippen molar-refractivity contribution in [3.05, 3.63) is 50.6 Å². The van der Waals surface area contributed by atoms with E-state index < -0.39 is 34.7 Å². The Morgan fingerprint density at radius 1 is 0.413 bits per heavy atom. The van der Waals surface area contributed by atoms with Gasteiger partial charge >= 0.3 is 35.8 Å². The van der Waals surface area contributed by atoms with Gasteiger partial charge in [0.15, 0.2) is 0 Å². The summed E-state index contributed by atoms with van der Waals surface area (Å²) >= 11 is 0. The van der Waals surface area contributed by atoms with Gasteiger partial charge in [0.05, 0.1) is 10.8 Å². The van der Waals surface area contributed by atoms with E-state index in [4.69, 9.17) is 28.4 Å². The van der Waals surface area contributed by atoms with Crippen LogP contribution >= 0.6 is 0 Å². The molecular weight excluding hydrogens is 600 g/mol. The maximum atomic E-state index is 12.2. The molecule has 0 aromatic carbocycles. The van der Waals surface area contributed by atoms with Crippen LogP contribution in [0.1, 0.15) is 78.1 Å². The van der Waals surface area contributed by atoms with Crippen LogP contribution in [0.15, 0.2) is 50.6 Å². The van der Waals surface area contributed by atoms with E-state index in [9.17, 15) is 28.8 Å². The second kappa shape index (κ2) is 24.1. The number of carbonyl (C=O) groups excluding carboxylic acids is 6. The van der Waals surface area contributed by atoms with Gasteiger partial charge in [-0.2, -0.15) is 0 Å². The molecule has 258 valence electrons. The Bertz CT molecular complexity index is 915. The third-order valence-electron chi connectivity index (χ3n) is 6.59. The predicted molar refractivity (Wildman–Crippen MR) is 169 cm³/mol. The molecule has 0 N–H and O–H groups in total. The SMILES string of the molecule is C=CC(=O)OCC(C)(COC(=O)C=C)COC(=O)CCCCCCCCCCC(=O)OCC(C)(COC(=O)C=C)COC(=O)C=C. The van der Waals surface area contributed by atoms with Crippen LogP contribution in [0.5, 0.6) is 0 Å². The van der Waals surface area contributed by atoms with Crippen LogP contribution in [-0.4, -0.2) is 75.5 Å². The standard InChI is InChI=1S/C34H50O12/c1-7-27(35)41-21-33(5,22-42-28(36)8-2)25-45-31(39)19-17-15-13-11-12-14-16-18-20-32(40)46-26-34(6,23-43-29(37)9-3)24-44-30(38)10-4/h7-10H,1-4,11-26H2,5-6H3. The minimum Gasteiger partial charge on any atom is -0.465 e. The van der Waals surface area contributed by atoms with Crippen LogP contribution in [0.25, 0.3) is 0 Å². The van der Waals surface area contributed by atoms with E-state index in [2.05, 4.69) is 26.3 Å². The van der Waals surface area contributed by atoms with Crippen LogP contribution in [0.2, 0.25) is 0 Å². The summed E-state index contributed by atoms with van der Waals surface area (Å²) in [5.41, 5.74) is -1.84. The lowest BCUT2D eigenvalue weighted by Crippen LogP contribution is -2.36. The Hall–Kier alpha value is -4.22. The zero-order valence-corrected chi connectivity index (χ0v) is 27.4. The van der Waals surface area contributed by atoms with Gasteiger partial charge < -0.3 is 28.4 Å². The van der Waals surface area contributed by atoms with Crippen LogP contribution in [0, 0.1) is 10.8 Å². The highest BCUT2D eigenvalue weighted by Crippen LogP contribution is 2.21. The first-order valence-corrected chi connectivity index (χ1v) is 15.3. The van der Waals surface area contributed by atoms with Gasteiger partial charge in [0.1, 0.15) is 39.6 Å². The average molecular weight is 651 g/mol. The molecule has 0 saturated carbocycles. The number of hydrogen-bond donors (Lipinski definition) is 0. The molecule has 0 fully saturated rings. The van der Waals surface area contributed by atoms with Crippen molar-refractivity contribution in [2.75, 3.05) is 39.6 Å². The van der Waals surface area contributed by atoms with E-state index in [1.54, 1.807) is 13.8 Å². The Morgan fingerprint density at radius 3 is 0.870 bits per heavy atom. The molecule has 0 aliphatic rings. The summed E-state index contributed by atoms with van der Waals surface area (Å²) < 4.78 is 31.0. The molecule has 12 nitrogen and oxygen atoms in total. The maximum absolute atomic E-state index is 12.2. The van der Waals surface area contributed by atoms with E-state index in [1.807, 2.05) is 0 Å². The van der Waals surface area contributed by atoms with Gasteiger partial charge in [0.25, 0.3) is 0 Å². The lowest BCUT2D eigenvalue weighted by atomic mass is 9.94. The smallest absolute Gasteiger partial charge is 0.330 e. The summed E-state index contributed by atoms with van der Waals surface area (Å²) in [4.78, 5) is 70.2. The Labute approximate surface area is 272 Å². The monoisotopic (exact) mass is 650 g/mol. The first kappa shape index (κ1) is 41.8.